The molecule has 2 rings (SSSR count). The quantitative estimate of drug-likeness (QED) is 0.800. The first kappa shape index (κ1) is 13.5. The summed E-state index contributed by atoms with van der Waals surface area (Å²) >= 11 is 18.0. The molecule has 0 amide bonds. The van der Waals surface area contributed by atoms with Gasteiger partial charge in [-0.15, -0.1) is 0 Å². The van der Waals surface area contributed by atoms with E-state index in [9.17, 15) is 4.39 Å². The van der Waals surface area contributed by atoms with E-state index in [0.717, 1.165) is 5.56 Å². The summed E-state index contributed by atoms with van der Waals surface area (Å²) in [5.74, 6) is -0.362. The number of rotatable bonds is 3. The Morgan fingerprint density at radius 3 is 2.22 bits per heavy atom. The fourth-order valence-electron chi connectivity index (χ4n) is 1.52. The van der Waals surface area contributed by atoms with Gasteiger partial charge < -0.3 is 5.32 Å². The first-order valence-corrected chi connectivity index (χ1v) is 6.33. The van der Waals surface area contributed by atoms with Gasteiger partial charge in [0.1, 0.15) is 5.82 Å². The molecule has 0 radical (unpaired) electrons. The standard InChI is InChI=1S/C13H9Cl3FN/c14-10-2-1-3-11(15)13(10)18-7-8-4-5-9(17)6-12(8)16/h1-6,18H,7H2. The van der Waals surface area contributed by atoms with Gasteiger partial charge in [-0.05, 0) is 29.8 Å². The van der Waals surface area contributed by atoms with Crippen LogP contribution < -0.4 is 5.32 Å². The highest BCUT2D eigenvalue weighted by atomic mass is 35.5. The summed E-state index contributed by atoms with van der Waals surface area (Å²) in [5, 5.41) is 4.51. The Labute approximate surface area is 119 Å². The third-order valence-electron chi connectivity index (χ3n) is 2.43. The second-order valence-corrected chi connectivity index (χ2v) is 4.91. The zero-order valence-electron chi connectivity index (χ0n) is 9.18. The number of anilines is 1. The van der Waals surface area contributed by atoms with Crippen molar-refractivity contribution in [3.05, 3.63) is 62.8 Å². The van der Waals surface area contributed by atoms with Crippen LogP contribution in [0.4, 0.5) is 10.1 Å². The van der Waals surface area contributed by atoms with Gasteiger partial charge in [0.2, 0.25) is 0 Å². The van der Waals surface area contributed by atoms with E-state index < -0.39 is 0 Å². The third-order valence-corrected chi connectivity index (χ3v) is 3.42. The molecule has 0 aliphatic carbocycles. The van der Waals surface area contributed by atoms with Crippen molar-refractivity contribution in [3.8, 4) is 0 Å². The van der Waals surface area contributed by atoms with Crippen LogP contribution in [0.2, 0.25) is 15.1 Å². The van der Waals surface area contributed by atoms with Gasteiger partial charge in [-0.3, -0.25) is 0 Å². The second kappa shape index (κ2) is 5.79. The summed E-state index contributed by atoms with van der Waals surface area (Å²) in [7, 11) is 0. The molecule has 0 fully saturated rings. The maximum Gasteiger partial charge on any atom is 0.124 e. The first-order valence-electron chi connectivity index (χ1n) is 5.20. The Kier molecular flexibility index (Phi) is 4.33. The molecule has 0 spiro atoms. The van der Waals surface area contributed by atoms with Crippen molar-refractivity contribution in [2.75, 3.05) is 5.32 Å². The van der Waals surface area contributed by atoms with Crippen LogP contribution in [0.15, 0.2) is 36.4 Å². The minimum Gasteiger partial charge on any atom is -0.378 e. The zero-order chi connectivity index (χ0) is 13.1. The fourth-order valence-corrected chi connectivity index (χ4v) is 2.28. The first-order chi connectivity index (χ1) is 8.58. The van der Waals surface area contributed by atoms with E-state index in [4.69, 9.17) is 34.8 Å². The summed E-state index contributed by atoms with van der Waals surface area (Å²) in [5.41, 5.74) is 1.41. The minimum absolute atomic E-state index is 0.362. The van der Waals surface area contributed by atoms with Crippen LogP contribution in [0, 0.1) is 5.82 Å². The largest absolute Gasteiger partial charge is 0.378 e. The molecule has 18 heavy (non-hydrogen) atoms. The van der Waals surface area contributed by atoms with Gasteiger partial charge in [-0.1, -0.05) is 46.9 Å². The number of hydrogen-bond donors (Lipinski definition) is 1. The van der Waals surface area contributed by atoms with Crippen molar-refractivity contribution in [1.29, 1.82) is 0 Å². The summed E-state index contributed by atoms with van der Waals surface area (Å²) in [4.78, 5) is 0. The lowest BCUT2D eigenvalue weighted by Crippen LogP contribution is -2.01. The van der Waals surface area contributed by atoms with E-state index >= 15 is 0 Å². The Morgan fingerprint density at radius 2 is 1.61 bits per heavy atom. The Bertz CT molecular complexity index is 552. The molecule has 0 saturated heterocycles. The van der Waals surface area contributed by atoms with E-state index in [2.05, 4.69) is 5.32 Å². The van der Waals surface area contributed by atoms with Gasteiger partial charge in [0.15, 0.2) is 0 Å². The summed E-state index contributed by atoms with van der Waals surface area (Å²) in [6.45, 7) is 0.419. The lowest BCUT2D eigenvalue weighted by Gasteiger charge is -2.11. The predicted molar refractivity (Wildman–Crippen MR) is 75.2 cm³/mol. The van der Waals surface area contributed by atoms with Crippen LogP contribution >= 0.6 is 34.8 Å². The molecule has 5 heteroatoms. The molecule has 0 aromatic heterocycles. The lowest BCUT2D eigenvalue weighted by atomic mass is 10.2. The van der Waals surface area contributed by atoms with Crippen LogP contribution in [0.25, 0.3) is 0 Å². The van der Waals surface area contributed by atoms with Crippen LogP contribution in [-0.2, 0) is 6.54 Å². The molecule has 1 nitrogen and oxygen atoms in total. The molecule has 0 atom stereocenters. The number of nitrogens with one attached hydrogen (secondary N) is 1. The fraction of sp³-hybridized carbons (Fsp3) is 0.0769. The topological polar surface area (TPSA) is 12.0 Å². The molecule has 2 aromatic rings. The van der Waals surface area contributed by atoms with E-state index in [1.54, 1.807) is 24.3 Å². The highest BCUT2D eigenvalue weighted by molar-refractivity contribution is 6.39. The normalized spacial score (nSPS) is 10.4. The minimum atomic E-state index is -0.362. The second-order valence-electron chi connectivity index (χ2n) is 3.69. The van der Waals surface area contributed by atoms with Crippen molar-refractivity contribution in [3.63, 3.8) is 0 Å². The molecule has 0 bridgehead atoms. The van der Waals surface area contributed by atoms with E-state index in [1.165, 1.54) is 12.1 Å². The Balaban J connectivity index is 2.16. The Morgan fingerprint density at radius 1 is 0.944 bits per heavy atom. The number of para-hydroxylation sites is 1. The molecule has 0 aliphatic rings. The van der Waals surface area contributed by atoms with Crippen molar-refractivity contribution in [1.82, 2.24) is 0 Å². The van der Waals surface area contributed by atoms with E-state index in [0.29, 0.717) is 27.3 Å². The monoisotopic (exact) mass is 303 g/mol. The number of benzene rings is 2. The van der Waals surface area contributed by atoms with Crippen LogP contribution in [0.5, 0.6) is 0 Å². The highest BCUT2D eigenvalue weighted by Crippen LogP contribution is 2.30. The van der Waals surface area contributed by atoms with Crippen LogP contribution in [0.1, 0.15) is 5.56 Å². The summed E-state index contributed by atoms with van der Waals surface area (Å²) in [6.07, 6.45) is 0. The van der Waals surface area contributed by atoms with Crippen molar-refractivity contribution in [2.45, 2.75) is 6.54 Å². The van der Waals surface area contributed by atoms with Crippen molar-refractivity contribution < 1.29 is 4.39 Å². The van der Waals surface area contributed by atoms with Crippen LogP contribution in [-0.4, -0.2) is 0 Å². The number of hydrogen-bond acceptors (Lipinski definition) is 1. The summed E-state index contributed by atoms with van der Waals surface area (Å²) < 4.78 is 12.9. The highest BCUT2D eigenvalue weighted by Gasteiger charge is 2.06. The maximum absolute atomic E-state index is 12.9. The van der Waals surface area contributed by atoms with Crippen molar-refractivity contribution in [2.24, 2.45) is 0 Å². The Hall–Kier alpha value is -0.960. The molecule has 94 valence electrons. The average Bonchev–Trinajstić information content (AvgIpc) is 2.31. The zero-order valence-corrected chi connectivity index (χ0v) is 11.5. The van der Waals surface area contributed by atoms with E-state index in [1.807, 2.05) is 0 Å². The molecule has 0 heterocycles. The van der Waals surface area contributed by atoms with Crippen molar-refractivity contribution >= 4 is 40.5 Å². The lowest BCUT2D eigenvalue weighted by molar-refractivity contribution is 0.627. The van der Waals surface area contributed by atoms with E-state index in [-0.39, 0.29) is 5.82 Å². The molecule has 0 unspecified atom stereocenters. The van der Waals surface area contributed by atoms with Gasteiger partial charge >= 0.3 is 0 Å². The smallest absolute Gasteiger partial charge is 0.124 e. The SMILES string of the molecule is Fc1ccc(CNc2c(Cl)cccc2Cl)c(Cl)c1. The van der Waals surface area contributed by atoms with Gasteiger partial charge in [-0.2, -0.15) is 0 Å². The third kappa shape index (κ3) is 3.08. The van der Waals surface area contributed by atoms with Gasteiger partial charge in [0, 0.05) is 11.6 Å². The molecule has 2 aromatic carbocycles. The predicted octanol–water partition coefficient (Wildman–Crippen LogP) is 5.40. The molecule has 0 saturated carbocycles. The summed E-state index contributed by atoms with van der Waals surface area (Å²) in [6, 6.07) is 9.49. The van der Waals surface area contributed by atoms with Gasteiger partial charge in [-0.25, -0.2) is 4.39 Å². The van der Waals surface area contributed by atoms with Gasteiger partial charge in [0.25, 0.3) is 0 Å². The molecule has 1 N–H and O–H groups in total. The maximum atomic E-state index is 12.9. The van der Waals surface area contributed by atoms with Gasteiger partial charge in [0.05, 0.1) is 15.7 Å². The number of halogens is 4. The molecule has 0 aliphatic heterocycles. The van der Waals surface area contributed by atoms with Crippen LogP contribution in [0.3, 0.4) is 0 Å². The molecular formula is C13H9Cl3FN. The molecular weight excluding hydrogens is 296 g/mol. The average molecular weight is 305 g/mol.